The van der Waals surface area contributed by atoms with Gasteiger partial charge in [0.1, 0.15) is 18.1 Å². The molecule has 2 rings (SSSR count). The summed E-state index contributed by atoms with van der Waals surface area (Å²) in [5.41, 5.74) is 10.7. The normalized spacial score (nSPS) is 22.1. The van der Waals surface area contributed by atoms with E-state index < -0.39 is 42.5 Å². The number of nitrogens with one attached hydrogen (secondary N) is 3. The van der Waals surface area contributed by atoms with Crippen LogP contribution in [0.3, 0.4) is 0 Å². The molecular weight excluding hydrogens is 422 g/mol. The summed E-state index contributed by atoms with van der Waals surface area (Å²) < 4.78 is 0. The fourth-order valence-corrected chi connectivity index (χ4v) is 3.90. The van der Waals surface area contributed by atoms with Gasteiger partial charge >= 0.3 is 5.97 Å². The molecular formula is C19H33N7O6. The third kappa shape index (κ3) is 7.05. The standard InChI is InChI=1S/C19H33N7O6/c20-19(21)23-8-2-5-12(24-15(28)11-4-1-7-22-11)17(30)26-9-3-6-14(26)16(29)25-13(10-27)18(31)32/h11-14,22,27H,1-10H2,(H,24,28)(H,25,29)(H,31,32)(H4,20,21,23). The zero-order chi connectivity index (χ0) is 23.7. The van der Waals surface area contributed by atoms with Gasteiger partial charge in [-0.15, -0.1) is 0 Å². The fraction of sp³-hybridized carbons (Fsp3) is 0.737. The van der Waals surface area contributed by atoms with Crippen molar-refractivity contribution in [2.24, 2.45) is 16.5 Å². The first kappa shape index (κ1) is 25.3. The first-order chi connectivity index (χ1) is 15.2. The lowest BCUT2D eigenvalue weighted by molar-refractivity contribution is -0.145. The first-order valence-electron chi connectivity index (χ1n) is 10.8. The molecule has 180 valence electrons. The topological polar surface area (TPSA) is 212 Å². The molecule has 0 aromatic heterocycles. The first-order valence-corrected chi connectivity index (χ1v) is 10.8. The second kappa shape index (κ2) is 12.2. The number of guanidine groups is 1. The lowest BCUT2D eigenvalue weighted by Crippen LogP contribution is -2.57. The molecule has 0 radical (unpaired) electrons. The van der Waals surface area contributed by atoms with Crippen LogP contribution in [0.1, 0.15) is 38.5 Å². The van der Waals surface area contributed by atoms with Crippen molar-refractivity contribution >= 4 is 29.7 Å². The Bertz CT molecular complexity index is 721. The summed E-state index contributed by atoms with van der Waals surface area (Å²) in [5, 5.41) is 26.3. The zero-order valence-corrected chi connectivity index (χ0v) is 18.0. The Hall–Kier alpha value is -2.93. The van der Waals surface area contributed by atoms with Crippen LogP contribution in [0, 0.1) is 0 Å². The Morgan fingerprint density at radius 2 is 1.81 bits per heavy atom. The van der Waals surface area contributed by atoms with E-state index in [0.717, 1.165) is 13.0 Å². The summed E-state index contributed by atoms with van der Waals surface area (Å²) in [6.07, 6.45) is 3.16. The second-order valence-corrected chi connectivity index (χ2v) is 7.93. The number of aliphatic carboxylic acids is 1. The summed E-state index contributed by atoms with van der Waals surface area (Å²) in [6, 6.07) is -3.58. The Morgan fingerprint density at radius 3 is 2.41 bits per heavy atom. The Balaban J connectivity index is 2.08. The van der Waals surface area contributed by atoms with E-state index in [0.29, 0.717) is 32.2 Å². The smallest absolute Gasteiger partial charge is 0.328 e. The number of likely N-dealkylation sites (tertiary alicyclic amines) is 1. The quantitative estimate of drug-likeness (QED) is 0.0949. The van der Waals surface area contributed by atoms with Gasteiger partial charge in [0.05, 0.1) is 12.6 Å². The highest BCUT2D eigenvalue weighted by molar-refractivity contribution is 5.94. The van der Waals surface area contributed by atoms with E-state index in [1.807, 2.05) is 0 Å². The maximum absolute atomic E-state index is 13.3. The molecule has 13 nitrogen and oxygen atoms in total. The molecule has 2 heterocycles. The summed E-state index contributed by atoms with van der Waals surface area (Å²) in [5.74, 6) is -2.80. The number of nitrogens with zero attached hydrogens (tertiary/aromatic N) is 2. The number of carboxylic acids is 1. The Morgan fingerprint density at radius 1 is 1.09 bits per heavy atom. The van der Waals surface area contributed by atoms with Crippen LogP contribution < -0.4 is 27.4 Å². The van der Waals surface area contributed by atoms with Gasteiger partial charge in [0, 0.05) is 13.1 Å². The summed E-state index contributed by atoms with van der Waals surface area (Å²) >= 11 is 0. The van der Waals surface area contributed by atoms with Crippen LogP contribution in [0.4, 0.5) is 0 Å². The number of carbonyl (C=O) groups excluding carboxylic acids is 3. The van der Waals surface area contributed by atoms with Gasteiger partial charge in [-0.1, -0.05) is 0 Å². The SMILES string of the molecule is NC(N)=NCCCC(NC(=O)C1CCCN1)C(=O)N1CCCC1C(=O)NC(CO)C(=O)O. The van der Waals surface area contributed by atoms with Gasteiger partial charge in [-0.3, -0.25) is 19.4 Å². The minimum Gasteiger partial charge on any atom is -0.480 e. The highest BCUT2D eigenvalue weighted by atomic mass is 16.4. The van der Waals surface area contributed by atoms with Crippen LogP contribution in [0.2, 0.25) is 0 Å². The van der Waals surface area contributed by atoms with E-state index in [2.05, 4.69) is 20.9 Å². The minimum atomic E-state index is -1.46. The van der Waals surface area contributed by atoms with Crippen LogP contribution in [-0.2, 0) is 19.2 Å². The predicted octanol–water partition coefficient (Wildman–Crippen LogP) is -3.17. The molecule has 3 amide bonds. The van der Waals surface area contributed by atoms with E-state index >= 15 is 0 Å². The molecule has 0 bridgehead atoms. The fourth-order valence-electron chi connectivity index (χ4n) is 3.90. The number of aliphatic hydroxyl groups is 1. The molecule has 0 saturated carbocycles. The third-order valence-corrected chi connectivity index (χ3v) is 5.57. The van der Waals surface area contributed by atoms with Crippen LogP contribution >= 0.6 is 0 Å². The molecule has 0 aromatic carbocycles. The van der Waals surface area contributed by atoms with Crippen LogP contribution in [0.5, 0.6) is 0 Å². The van der Waals surface area contributed by atoms with E-state index in [1.165, 1.54) is 4.90 Å². The van der Waals surface area contributed by atoms with Crippen molar-refractivity contribution in [2.75, 3.05) is 26.2 Å². The van der Waals surface area contributed by atoms with Gasteiger partial charge < -0.3 is 42.5 Å². The van der Waals surface area contributed by atoms with Crippen molar-refractivity contribution < 1.29 is 29.4 Å². The number of rotatable bonds is 11. The van der Waals surface area contributed by atoms with Crippen molar-refractivity contribution in [1.82, 2.24) is 20.9 Å². The van der Waals surface area contributed by atoms with Crippen LogP contribution in [0.15, 0.2) is 4.99 Å². The summed E-state index contributed by atoms with van der Waals surface area (Å²) in [4.78, 5) is 54.9. The third-order valence-electron chi connectivity index (χ3n) is 5.57. The van der Waals surface area contributed by atoms with Gasteiger partial charge in [0.25, 0.3) is 0 Å². The number of aliphatic hydroxyl groups excluding tert-OH is 1. The lowest BCUT2D eigenvalue weighted by atomic mass is 10.1. The molecule has 0 aliphatic carbocycles. The largest absolute Gasteiger partial charge is 0.480 e. The molecule has 2 saturated heterocycles. The van der Waals surface area contributed by atoms with Gasteiger partial charge in [0.15, 0.2) is 5.96 Å². The number of aliphatic imine (C=N–C) groups is 1. The Kier molecular flexibility index (Phi) is 9.65. The molecule has 4 atom stereocenters. The zero-order valence-electron chi connectivity index (χ0n) is 18.0. The van der Waals surface area contributed by atoms with E-state index in [1.54, 1.807) is 0 Å². The number of carbonyl (C=O) groups is 4. The van der Waals surface area contributed by atoms with Gasteiger partial charge in [-0.05, 0) is 45.1 Å². The molecule has 2 aliphatic heterocycles. The van der Waals surface area contributed by atoms with Crippen molar-refractivity contribution in [3.63, 3.8) is 0 Å². The molecule has 13 heteroatoms. The molecule has 4 unspecified atom stereocenters. The van der Waals surface area contributed by atoms with Crippen molar-refractivity contribution in [3.05, 3.63) is 0 Å². The van der Waals surface area contributed by atoms with E-state index in [4.69, 9.17) is 21.7 Å². The van der Waals surface area contributed by atoms with Gasteiger partial charge in [0.2, 0.25) is 17.7 Å². The van der Waals surface area contributed by atoms with Crippen molar-refractivity contribution in [3.8, 4) is 0 Å². The van der Waals surface area contributed by atoms with E-state index in [-0.39, 0.29) is 30.9 Å². The molecule has 32 heavy (non-hydrogen) atoms. The maximum atomic E-state index is 13.3. The Labute approximate surface area is 186 Å². The monoisotopic (exact) mass is 455 g/mol. The highest BCUT2D eigenvalue weighted by Crippen LogP contribution is 2.20. The minimum absolute atomic E-state index is 0.0692. The van der Waals surface area contributed by atoms with Crippen molar-refractivity contribution in [1.29, 1.82) is 0 Å². The maximum Gasteiger partial charge on any atom is 0.328 e. The summed E-state index contributed by atoms with van der Waals surface area (Å²) in [6.45, 7) is 0.546. The van der Waals surface area contributed by atoms with Gasteiger partial charge in [-0.25, -0.2) is 4.79 Å². The average molecular weight is 456 g/mol. The van der Waals surface area contributed by atoms with Crippen molar-refractivity contribution in [2.45, 2.75) is 62.7 Å². The molecule has 0 aromatic rings. The predicted molar refractivity (Wildman–Crippen MR) is 114 cm³/mol. The molecule has 9 N–H and O–H groups in total. The number of nitrogens with two attached hydrogens (primary N) is 2. The number of hydrogen-bond donors (Lipinski definition) is 7. The van der Waals surface area contributed by atoms with Crippen LogP contribution in [-0.4, -0.2) is 95.2 Å². The van der Waals surface area contributed by atoms with E-state index in [9.17, 15) is 19.2 Å². The number of hydrogen-bond acceptors (Lipinski definition) is 7. The second-order valence-electron chi connectivity index (χ2n) is 7.93. The highest BCUT2D eigenvalue weighted by Gasteiger charge is 2.39. The lowest BCUT2D eigenvalue weighted by Gasteiger charge is -2.29. The molecule has 0 spiro atoms. The average Bonchev–Trinajstić information content (AvgIpc) is 3.45. The number of carboxylic acid groups (broad SMARTS) is 1. The molecule has 2 aliphatic rings. The molecule has 2 fully saturated rings. The number of amides is 3. The van der Waals surface area contributed by atoms with Gasteiger partial charge in [-0.2, -0.15) is 0 Å². The van der Waals surface area contributed by atoms with Crippen LogP contribution in [0.25, 0.3) is 0 Å². The summed E-state index contributed by atoms with van der Waals surface area (Å²) in [7, 11) is 0.